The molecule has 1 atom stereocenters. The Kier molecular flexibility index (Phi) is 6.27. The van der Waals surface area contributed by atoms with Crippen LogP contribution in [0.3, 0.4) is 0 Å². The summed E-state index contributed by atoms with van der Waals surface area (Å²) in [5.74, 6) is -0.466. The minimum Gasteiger partial charge on any atom is -0.507 e. The van der Waals surface area contributed by atoms with E-state index >= 15 is 0 Å². The second kappa shape index (κ2) is 9.31. The van der Waals surface area contributed by atoms with Gasteiger partial charge in [0.05, 0.1) is 38.5 Å². The van der Waals surface area contributed by atoms with Crippen LogP contribution < -0.4 is 19.1 Å². The van der Waals surface area contributed by atoms with E-state index in [0.29, 0.717) is 22.9 Å². The first-order valence-corrected chi connectivity index (χ1v) is 10.6. The first-order valence-electron chi connectivity index (χ1n) is 10.6. The van der Waals surface area contributed by atoms with Gasteiger partial charge in [-0.25, -0.2) is 0 Å². The highest BCUT2D eigenvalue weighted by Gasteiger charge is 2.47. The van der Waals surface area contributed by atoms with Gasteiger partial charge in [-0.15, -0.1) is 0 Å². The average molecular weight is 459 g/mol. The lowest BCUT2D eigenvalue weighted by Crippen LogP contribution is -2.29. The summed E-state index contributed by atoms with van der Waals surface area (Å²) in [6, 6.07) is 18.4. The fourth-order valence-electron chi connectivity index (χ4n) is 4.19. The Labute approximate surface area is 197 Å². The number of carbonyl (C=O) groups excluding carboxylic acids is 2. The normalized spacial score (nSPS) is 17.1. The number of methoxy groups -OCH3 is 3. The van der Waals surface area contributed by atoms with Crippen LogP contribution >= 0.6 is 0 Å². The minimum absolute atomic E-state index is 0.0226. The van der Waals surface area contributed by atoms with Gasteiger partial charge in [-0.3, -0.25) is 14.5 Å². The molecular weight excluding hydrogens is 434 g/mol. The second-order valence-electron chi connectivity index (χ2n) is 7.79. The number of aliphatic hydroxyl groups excluding tert-OH is 1. The summed E-state index contributed by atoms with van der Waals surface area (Å²) in [6.07, 6.45) is 0. The molecule has 1 heterocycles. The van der Waals surface area contributed by atoms with Crippen molar-refractivity contribution in [2.75, 3.05) is 26.2 Å². The standard InChI is InChI=1S/C27H25NO6/c1-16-8-5-6-11-20(16)24-23(25(29)21-13-12-19(33-3)15-22(21)34-4)26(30)27(31)28(24)17-9-7-10-18(14-17)32-2/h5-15,24,29H,1-4H3/b25-23+. The fourth-order valence-corrected chi connectivity index (χ4v) is 4.19. The molecule has 1 aliphatic rings. The third kappa shape index (κ3) is 3.85. The molecule has 7 heteroatoms. The Morgan fingerprint density at radius 2 is 1.56 bits per heavy atom. The summed E-state index contributed by atoms with van der Waals surface area (Å²) in [5, 5.41) is 11.4. The number of hydrogen-bond donors (Lipinski definition) is 1. The van der Waals surface area contributed by atoms with Crippen molar-refractivity contribution >= 4 is 23.1 Å². The minimum atomic E-state index is -0.847. The molecule has 1 aliphatic heterocycles. The van der Waals surface area contributed by atoms with Crippen molar-refractivity contribution in [3.63, 3.8) is 0 Å². The van der Waals surface area contributed by atoms with E-state index < -0.39 is 17.7 Å². The first-order chi connectivity index (χ1) is 16.4. The van der Waals surface area contributed by atoms with Crippen LogP contribution in [0.15, 0.2) is 72.3 Å². The Hall–Kier alpha value is -4.26. The molecule has 1 fully saturated rings. The maximum Gasteiger partial charge on any atom is 0.300 e. The summed E-state index contributed by atoms with van der Waals surface area (Å²) in [7, 11) is 4.51. The van der Waals surface area contributed by atoms with Crippen molar-refractivity contribution in [3.05, 3.63) is 89.0 Å². The molecule has 1 N–H and O–H groups in total. The summed E-state index contributed by atoms with van der Waals surface area (Å²) < 4.78 is 16.0. The lowest BCUT2D eigenvalue weighted by atomic mass is 9.92. The van der Waals surface area contributed by atoms with Gasteiger partial charge in [0.25, 0.3) is 11.7 Å². The highest BCUT2D eigenvalue weighted by atomic mass is 16.5. The van der Waals surface area contributed by atoms with Gasteiger partial charge in [0.2, 0.25) is 0 Å². The van der Waals surface area contributed by atoms with Gasteiger partial charge >= 0.3 is 0 Å². The monoisotopic (exact) mass is 459 g/mol. The zero-order valence-corrected chi connectivity index (χ0v) is 19.4. The van der Waals surface area contributed by atoms with Gasteiger partial charge in [0.1, 0.15) is 23.0 Å². The Morgan fingerprint density at radius 1 is 0.853 bits per heavy atom. The lowest BCUT2D eigenvalue weighted by Gasteiger charge is -2.27. The molecule has 1 unspecified atom stereocenters. The number of aryl methyl sites for hydroxylation is 1. The van der Waals surface area contributed by atoms with E-state index in [2.05, 4.69) is 0 Å². The Balaban J connectivity index is 1.99. The molecule has 1 amide bonds. The third-order valence-electron chi connectivity index (χ3n) is 5.92. The van der Waals surface area contributed by atoms with E-state index in [1.54, 1.807) is 42.5 Å². The summed E-state index contributed by atoms with van der Waals surface area (Å²) in [5.41, 5.74) is 2.33. The van der Waals surface area contributed by atoms with Gasteiger partial charge in [-0.1, -0.05) is 30.3 Å². The van der Waals surface area contributed by atoms with Crippen LogP contribution in [0, 0.1) is 6.92 Å². The molecular formula is C27H25NO6. The number of anilines is 1. The molecule has 3 aromatic rings. The summed E-state index contributed by atoms with van der Waals surface area (Å²) in [4.78, 5) is 28.1. The zero-order chi connectivity index (χ0) is 24.4. The maximum absolute atomic E-state index is 13.4. The van der Waals surface area contributed by atoms with E-state index in [1.807, 2.05) is 31.2 Å². The molecule has 4 rings (SSSR count). The van der Waals surface area contributed by atoms with E-state index in [4.69, 9.17) is 14.2 Å². The molecule has 0 aliphatic carbocycles. The van der Waals surface area contributed by atoms with Gasteiger partial charge in [-0.05, 0) is 42.3 Å². The van der Waals surface area contributed by atoms with Crippen molar-refractivity contribution in [2.45, 2.75) is 13.0 Å². The zero-order valence-electron chi connectivity index (χ0n) is 19.4. The van der Waals surface area contributed by atoms with Crippen LogP contribution in [0.5, 0.6) is 17.2 Å². The molecule has 0 bridgehead atoms. The molecule has 0 spiro atoms. The quantitative estimate of drug-likeness (QED) is 0.328. The molecule has 0 radical (unpaired) electrons. The van der Waals surface area contributed by atoms with Gasteiger partial charge in [-0.2, -0.15) is 0 Å². The molecule has 0 aromatic heterocycles. The van der Waals surface area contributed by atoms with Gasteiger partial charge in [0, 0.05) is 17.8 Å². The number of carbonyl (C=O) groups is 2. The van der Waals surface area contributed by atoms with Crippen LogP contribution in [0.1, 0.15) is 22.7 Å². The highest BCUT2D eigenvalue weighted by molar-refractivity contribution is 6.51. The van der Waals surface area contributed by atoms with Crippen LogP contribution in [0.2, 0.25) is 0 Å². The van der Waals surface area contributed by atoms with Crippen molar-refractivity contribution < 1.29 is 28.9 Å². The van der Waals surface area contributed by atoms with Crippen LogP contribution in [0.25, 0.3) is 5.76 Å². The number of nitrogens with zero attached hydrogens (tertiary/aromatic N) is 1. The largest absolute Gasteiger partial charge is 0.507 e. The van der Waals surface area contributed by atoms with E-state index in [0.717, 1.165) is 11.1 Å². The smallest absolute Gasteiger partial charge is 0.300 e. The van der Waals surface area contributed by atoms with Crippen LogP contribution in [-0.2, 0) is 9.59 Å². The topological polar surface area (TPSA) is 85.3 Å². The number of benzene rings is 3. The second-order valence-corrected chi connectivity index (χ2v) is 7.79. The first kappa shape index (κ1) is 22.9. The predicted octanol–water partition coefficient (Wildman–Crippen LogP) is 4.65. The third-order valence-corrected chi connectivity index (χ3v) is 5.92. The number of Topliss-reactive ketones (excluding diaryl/α,β-unsaturated/α-hetero) is 1. The van der Waals surface area contributed by atoms with E-state index in [-0.39, 0.29) is 16.9 Å². The molecule has 0 saturated carbocycles. The van der Waals surface area contributed by atoms with Gasteiger partial charge < -0.3 is 19.3 Å². The SMILES string of the molecule is COc1cccc(N2C(=O)C(=O)/C(=C(/O)c3ccc(OC)cc3OC)C2c2ccccc2C)c1. The Bertz CT molecular complexity index is 1300. The number of hydrogen-bond acceptors (Lipinski definition) is 6. The molecule has 34 heavy (non-hydrogen) atoms. The highest BCUT2D eigenvalue weighted by Crippen LogP contribution is 2.44. The number of amides is 1. The summed E-state index contributed by atoms with van der Waals surface area (Å²) in [6.45, 7) is 1.90. The van der Waals surface area contributed by atoms with Crippen molar-refractivity contribution in [1.82, 2.24) is 0 Å². The maximum atomic E-state index is 13.4. The van der Waals surface area contributed by atoms with Crippen molar-refractivity contribution in [1.29, 1.82) is 0 Å². The average Bonchev–Trinajstić information content (AvgIpc) is 3.13. The number of rotatable bonds is 6. The number of ether oxygens (including phenoxy) is 3. The number of aliphatic hydroxyl groups is 1. The van der Waals surface area contributed by atoms with Crippen LogP contribution in [-0.4, -0.2) is 38.1 Å². The van der Waals surface area contributed by atoms with Crippen LogP contribution in [0.4, 0.5) is 5.69 Å². The molecule has 3 aromatic carbocycles. The fraction of sp³-hybridized carbons (Fsp3) is 0.185. The molecule has 174 valence electrons. The predicted molar refractivity (Wildman–Crippen MR) is 129 cm³/mol. The van der Waals surface area contributed by atoms with Gasteiger partial charge in [0.15, 0.2) is 0 Å². The summed E-state index contributed by atoms with van der Waals surface area (Å²) >= 11 is 0. The lowest BCUT2D eigenvalue weighted by molar-refractivity contribution is -0.132. The van der Waals surface area contributed by atoms with Crippen molar-refractivity contribution in [3.8, 4) is 17.2 Å². The van der Waals surface area contributed by atoms with E-state index in [9.17, 15) is 14.7 Å². The molecule has 1 saturated heterocycles. The molecule has 7 nitrogen and oxygen atoms in total. The Morgan fingerprint density at radius 3 is 2.24 bits per heavy atom. The number of ketones is 1. The van der Waals surface area contributed by atoms with Crippen molar-refractivity contribution in [2.24, 2.45) is 0 Å². The van der Waals surface area contributed by atoms with E-state index in [1.165, 1.54) is 26.2 Å².